The number of rotatable bonds is 11. The smallest absolute Gasteiger partial charge is 0.305 e. The van der Waals surface area contributed by atoms with E-state index in [1.807, 2.05) is 75.5 Å². The van der Waals surface area contributed by atoms with Crippen LogP contribution in [0.2, 0.25) is 0 Å². The van der Waals surface area contributed by atoms with Crippen LogP contribution in [0.3, 0.4) is 0 Å². The highest BCUT2D eigenvalue weighted by Crippen LogP contribution is 2.25. The lowest BCUT2D eigenvalue weighted by atomic mass is 9.96. The molecule has 190 valence electrons. The molecule has 0 saturated heterocycles. The normalized spacial score (nSPS) is 11.9. The summed E-state index contributed by atoms with van der Waals surface area (Å²) in [6.45, 7) is 5.93. The number of esters is 1. The molecular formula is C29H34N2O4S. The Bertz CT molecular complexity index is 1290. The summed E-state index contributed by atoms with van der Waals surface area (Å²) in [7, 11) is -2.19. The fraction of sp³-hybridized carbons (Fsp3) is 0.310. The molecule has 0 aliphatic heterocycles. The van der Waals surface area contributed by atoms with Gasteiger partial charge in [-0.05, 0) is 73.9 Å². The number of unbranched alkanes of at least 4 members (excludes halogenated alkanes) is 1. The van der Waals surface area contributed by atoms with Crippen LogP contribution in [0.4, 0.5) is 0 Å². The Morgan fingerprint density at radius 1 is 1.03 bits per heavy atom. The van der Waals surface area contributed by atoms with Gasteiger partial charge >= 0.3 is 5.97 Å². The predicted molar refractivity (Wildman–Crippen MR) is 143 cm³/mol. The molecule has 3 aromatic rings. The number of methoxy groups -OCH3 is 1. The Morgan fingerprint density at radius 2 is 1.72 bits per heavy atom. The summed E-state index contributed by atoms with van der Waals surface area (Å²) in [4.78, 5) is 16.0. The second-order valence-corrected chi connectivity index (χ2v) is 10.6. The molecule has 6 nitrogen and oxygen atoms in total. The molecule has 0 radical (unpaired) electrons. The van der Waals surface area contributed by atoms with Gasteiger partial charge < -0.3 is 4.74 Å². The molecule has 0 bridgehead atoms. The van der Waals surface area contributed by atoms with Crippen LogP contribution >= 0.6 is 0 Å². The summed E-state index contributed by atoms with van der Waals surface area (Å²) in [5, 5.41) is 0. The molecule has 0 atom stereocenters. The molecule has 0 unspecified atom stereocenters. The van der Waals surface area contributed by atoms with Gasteiger partial charge in [-0.3, -0.25) is 9.78 Å². The minimum Gasteiger partial charge on any atom is -0.469 e. The summed E-state index contributed by atoms with van der Waals surface area (Å²) in [6, 6.07) is 15.8. The molecule has 0 amide bonds. The van der Waals surface area contributed by atoms with Crippen LogP contribution in [-0.2, 0) is 26.0 Å². The first-order valence-corrected chi connectivity index (χ1v) is 13.5. The molecule has 0 spiro atoms. The first-order chi connectivity index (χ1) is 17.2. The number of allylic oxidation sites excluding steroid dienone is 1. The minimum atomic E-state index is -3.59. The van der Waals surface area contributed by atoms with Crippen molar-refractivity contribution in [3.8, 4) is 0 Å². The third kappa shape index (κ3) is 7.35. The van der Waals surface area contributed by atoms with E-state index in [1.54, 1.807) is 6.20 Å². The average molecular weight is 507 g/mol. The van der Waals surface area contributed by atoms with Crippen LogP contribution in [0.5, 0.6) is 0 Å². The molecule has 0 aliphatic rings. The highest BCUT2D eigenvalue weighted by Gasteiger charge is 2.19. The van der Waals surface area contributed by atoms with E-state index in [-0.39, 0.29) is 5.97 Å². The van der Waals surface area contributed by atoms with E-state index in [2.05, 4.69) is 15.8 Å². The number of carbonyl (C=O) groups is 1. The second kappa shape index (κ2) is 12.6. The monoisotopic (exact) mass is 506 g/mol. The van der Waals surface area contributed by atoms with Crippen LogP contribution in [0.25, 0.3) is 5.57 Å². The predicted octanol–water partition coefficient (Wildman–Crippen LogP) is 5.30. The van der Waals surface area contributed by atoms with Gasteiger partial charge in [0.1, 0.15) is 0 Å². The molecular weight excluding hydrogens is 472 g/mol. The fourth-order valence-corrected chi connectivity index (χ4v) is 5.84. The third-order valence-corrected chi connectivity index (χ3v) is 7.74. The summed E-state index contributed by atoms with van der Waals surface area (Å²) in [5.41, 5.74) is 6.68. The molecule has 3 rings (SSSR count). The molecule has 1 heterocycles. The van der Waals surface area contributed by atoms with Crippen LogP contribution in [-0.4, -0.2) is 33.0 Å². The van der Waals surface area contributed by atoms with Crippen molar-refractivity contribution in [2.45, 2.75) is 51.3 Å². The number of carbonyl (C=O) groups excluding carboxylic acids is 1. The Morgan fingerprint density at radius 3 is 2.33 bits per heavy atom. The molecule has 7 heteroatoms. The van der Waals surface area contributed by atoms with Gasteiger partial charge in [-0.25, -0.2) is 13.1 Å². The minimum absolute atomic E-state index is 0.209. The zero-order valence-corrected chi connectivity index (χ0v) is 22.2. The van der Waals surface area contributed by atoms with E-state index in [9.17, 15) is 13.2 Å². The van der Waals surface area contributed by atoms with Crippen molar-refractivity contribution in [3.63, 3.8) is 0 Å². The maximum absolute atomic E-state index is 12.9. The molecule has 0 fully saturated rings. The molecule has 2 aromatic carbocycles. The first-order valence-electron chi connectivity index (χ1n) is 12.1. The topological polar surface area (TPSA) is 85.4 Å². The van der Waals surface area contributed by atoms with Crippen molar-refractivity contribution >= 4 is 21.6 Å². The van der Waals surface area contributed by atoms with E-state index in [4.69, 9.17) is 4.74 Å². The Hall–Kier alpha value is -3.29. The summed E-state index contributed by atoms with van der Waals surface area (Å²) in [6.07, 6.45) is 8.08. The van der Waals surface area contributed by atoms with Gasteiger partial charge in [0.2, 0.25) is 10.0 Å². The van der Waals surface area contributed by atoms with Gasteiger partial charge in [0, 0.05) is 30.9 Å². The van der Waals surface area contributed by atoms with Gasteiger partial charge in [-0.15, -0.1) is 0 Å². The van der Waals surface area contributed by atoms with Crippen molar-refractivity contribution in [1.82, 2.24) is 9.71 Å². The number of ether oxygens (including phenoxy) is 1. The van der Waals surface area contributed by atoms with Crippen LogP contribution in [0, 0.1) is 20.8 Å². The van der Waals surface area contributed by atoms with Gasteiger partial charge in [-0.1, -0.05) is 54.1 Å². The number of pyridine rings is 1. The number of benzene rings is 2. The molecule has 1 aromatic heterocycles. The largest absolute Gasteiger partial charge is 0.469 e. The van der Waals surface area contributed by atoms with E-state index in [1.165, 1.54) is 7.11 Å². The van der Waals surface area contributed by atoms with Crippen molar-refractivity contribution in [1.29, 1.82) is 0 Å². The molecule has 0 aliphatic carbocycles. The van der Waals surface area contributed by atoms with Crippen molar-refractivity contribution in [3.05, 3.63) is 100 Å². The number of hydrogen-bond donors (Lipinski definition) is 1. The number of nitrogens with zero attached hydrogens (tertiary/aromatic N) is 1. The third-order valence-electron chi connectivity index (χ3n) is 5.98. The van der Waals surface area contributed by atoms with Crippen molar-refractivity contribution < 1.29 is 17.9 Å². The summed E-state index contributed by atoms with van der Waals surface area (Å²) >= 11 is 0. The average Bonchev–Trinajstić information content (AvgIpc) is 2.84. The lowest BCUT2D eigenvalue weighted by Gasteiger charge is -2.13. The van der Waals surface area contributed by atoms with Crippen molar-refractivity contribution in [2.24, 2.45) is 0 Å². The van der Waals surface area contributed by atoms with Gasteiger partial charge in [-0.2, -0.15) is 0 Å². The quantitative estimate of drug-likeness (QED) is 0.282. The van der Waals surface area contributed by atoms with Crippen molar-refractivity contribution in [2.75, 3.05) is 13.7 Å². The molecule has 1 N–H and O–H groups in total. The Balaban J connectivity index is 1.68. The fourth-order valence-electron chi connectivity index (χ4n) is 4.36. The summed E-state index contributed by atoms with van der Waals surface area (Å²) < 4.78 is 33.3. The highest BCUT2D eigenvalue weighted by atomic mass is 32.2. The van der Waals surface area contributed by atoms with Crippen LogP contribution < -0.4 is 4.72 Å². The summed E-state index contributed by atoms with van der Waals surface area (Å²) in [5.74, 6) is -0.209. The zero-order valence-electron chi connectivity index (χ0n) is 21.4. The number of aromatic nitrogens is 1. The van der Waals surface area contributed by atoms with E-state index >= 15 is 0 Å². The van der Waals surface area contributed by atoms with E-state index < -0.39 is 10.0 Å². The first kappa shape index (κ1) is 27.3. The molecule has 0 saturated carbocycles. The van der Waals surface area contributed by atoms with Gasteiger partial charge in [0.05, 0.1) is 12.0 Å². The Kier molecular flexibility index (Phi) is 9.56. The number of sulfonamides is 1. The number of nitrogens with one attached hydrogen (secondary N) is 1. The lowest BCUT2D eigenvalue weighted by molar-refractivity contribution is -0.140. The van der Waals surface area contributed by atoms with Gasteiger partial charge in [0.15, 0.2) is 0 Å². The number of hydrogen-bond acceptors (Lipinski definition) is 5. The van der Waals surface area contributed by atoms with Gasteiger partial charge in [0.25, 0.3) is 0 Å². The number of aryl methyl sites for hydroxylation is 3. The van der Waals surface area contributed by atoms with Crippen LogP contribution in [0.15, 0.2) is 71.9 Å². The van der Waals surface area contributed by atoms with Crippen LogP contribution in [0.1, 0.15) is 52.6 Å². The zero-order chi connectivity index (χ0) is 26.1. The molecule has 36 heavy (non-hydrogen) atoms. The standard InChI is InChI=1S/C29H34N2O4S/c1-21-18-22(2)29(23(3)19-21)36(33,34)31-17-15-24-11-13-25(14-12-24)27(26-8-7-16-30-20-26)9-5-6-10-28(32)35-4/h7-9,11-14,16,18-20,31H,5-6,10,15,17H2,1-4H3/b27-9+. The lowest BCUT2D eigenvalue weighted by Crippen LogP contribution is -2.27. The van der Waals surface area contributed by atoms with E-state index in [0.717, 1.165) is 45.4 Å². The highest BCUT2D eigenvalue weighted by molar-refractivity contribution is 7.89. The SMILES string of the molecule is COC(=O)CCC/C=C(\c1ccc(CCNS(=O)(=O)c2c(C)cc(C)cc2C)cc1)c1cccnc1. The Labute approximate surface area is 214 Å². The maximum atomic E-state index is 12.9. The second-order valence-electron chi connectivity index (χ2n) is 8.90. The maximum Gasteiger partial charge on any atom is 0.305 e. The van der Waals surface area contributed by atoms with E-state index in [0.29, 0.717) is 30.7 Å².